The fourth-order valence-corrected chi connectivity index (χ4v) is 6.62. The van der Waals surface area contributed by atoms with Gasteiger partial charge in [0.25, 0.3) is 0 Å². The van der Waals surface area contributed by atoms with Crippen molar-refractivity contribution in [3.8, 4) is 0 Å². The molecule has 0 saturated heterocycles. The smallest absolute Gasteiger partial charge is 0.462 e. The first kappa shape index (κ1) is 48.0. The first-order valence-electron chi connectivity index (χ1n) is 20.8. The Balaban J connectivity index is 3.84. The Morgan fingerprint density at radius 3 is 1.04 bits per heavy atom. The lowest BCUT2D eigenvalue weighted by atomic mass is 10.0. The zero-order valence-corrected chi connectivity index (χ0v) is 33.0. The van der Waals surface area contributed by atoms with Gasteiger partial charge in [0.15, 0.2) is 6.10 Å². The third kappa shape index (κ3) is 39.7. The van der Waals surface area contributed by atoms with Crippen molar-refractivity contribution in [2.45, 2.75) is 232 Å². The fourth-order valence-electron chi connectivity index (χ4n) is 6.26. The van der Waals surface area contributed by atoms with Crippen LogP contribution in [0, 0.1) is 0 Å². The van der Waals surface area contributed by atoms with Gasteiger partial charge in [-0.15, -0.1) is 0 Å². The van der Waals surface area contributed by atoms with E-state index in [0.717, 1.165) is 32.1 Å². The van der Waals surface area contributed by atoms with E-state index in [4.69, 9.17) is 19.3 Å². The third-order valence-electron chi connectivity index (χ3n) is 9.38. The van der Waals surface area contributed by atoms with Gasteiger partial charge in [-0.1, -0.05) is 200 Å². The van der Waals surface area contributed by atoms with Crippen LogP contribution < -0.4 is 0 Å². The van der Waals surface area contributed by atoms with Crippen LogP contribution in [0.25, 0.3) is 0 Å². The minimum atomic E-state index is -4.74. The molecule has 49 heavy (non-hydrogen) atoms. The lowest BCUT2D eigenvalue weighted by Crippen LogP contribution is -2.29. The highest BCUT2D eigenvalue weighted by Crippen LogP contribution is 2.36. The van der Waals surface area contributed by atoms with E-state index in [1.54, 1.807) is 0 Å². The number of ether oxygens (including phenoxy) is 2. The average molecular weight is 719 g/mol. The van der Waals surface area contributed by atoms with Crippen molar-refractivity contribution in [1.82, 2.24) is 0 Å². The lowest BCUT2D eigenvalue weighted by Gasteiger charge is -2.18. The predicted molar refractivity (Wildman–Crippen MR) is 203 cm³/mol. The summed E-state index contributed by atoms with van der Waals surface area (Å²) < 4.78 is 26.4. The second-order valence-corrected chi connectivity index (χ2v) is 15.6. The van der Waals surface area contributed by atoms with Crippen LogP contribution in [0.1, 0.15) is 226 Å². The minimum absolute atomic E-state index is 0.220. The van der Waals surface area contributed by atoms with Crippen molar-refractivity contribution in [3.63, 3.8) is 0 Å². The molecule has 0 rings (SSSR count). The van der Waals surface area contributed by atoms with E-state index in [0.29, 0.717) is 6.42 Å². The van der Waals surface area contributed by atoms with E-state index in [1.807, 2.05) is 0 Å². The van der Waals surface area contributed by atoms with Crippen LogP contribution in [-0.4, -0.2) is 41.0 Å². The first-order chi connectivity index (χ1) is 23.8. The summed E-state index contributed by atoms with van der Waals surface area (Å²) in [4.78, 5) is 42.8. The summed E-state index contributed by atoms with van der Waals surface area (Å²) in [6, 6.07) is 0. The molecule has 0 heterocycles. The second-order valence-electron chi connectivity index (χ2n) is 14.3. The van der Waals surface area contributed by atoms with Gasteiger partial charge < -0.3 is 19.3 Å². The van der Waals surface area contributed by atoms with Gasteiger partial charge in [-0.25, -0.2) is 4.57 Å². The summed E-state index contributed by atoms with van der Waals surface area (Å²) in [5, 5.41) is 0. The maximum absolute atomic E-state index is 12.4. The summed E-state index contributed by atoms with van der Waals surface area (Å²) in [5.41, 5.74) is 0. The number of unbranched alkanes of at least 4 members (excludes halogenated alkanes) is 29. The van der Waals surface area contributed by atoms with E-state index < -0.39 is 32.5 Å². The highest BCUT2D eigenvalue weighted by molar-refractivity contribution is 7.46. The average Bonchev–Trinajstić information content (AvgIpc) is 3.07. The molecule has 292 valence electrons. The Labute approximate surface area is 302 Å². The van der Waals surface area contributed by atoms with Crippen LogP contribution in [0.3, 0.4) is 0 Å². The summed E-state index contributed by atoms with van der Waals surface area (Å²) in [6.07, 6.45) is 38.3. The number of rotatable bonds is 39. The summed E-state index contributed by atoms with van der Waals surface area (Å²) in [7, 11) is -4.74. The molecule has 0 aliphatic heterocycles. The summed E-state index contributed by atoms with van der Waals surface area (Å²) in [5.74, 6) is -0.869. The maximum Gasteiger partial charge on any atom is 0.469 e. The molecule has 9 heteroatoms. The number of esters is 2. The molecule has 0 radical (unpaired) electrons. The van der Waals surface area contributed by atoms with E-state index in [-0.39, 0.29) is 19.4 Å². The predicted octanol–water partition coefficient (Wildman–Crippen LogP) is 12.5. The highest BCUT2D eigenvalue weighted by atomic mass is 31.2. The monoisotopic (exact) mass is 719 g/mol. The normalized spacial score (nSPS) is 12.3. The fraction of sp³-hybridized carbons (Fsp3) is 0.950. The second kappa shape index (κ2) is 36.8. The Kier molecular flexibility index (Phi) is 36.1. The number of hydrogen-bond acceptors (Lipinski definition) is 6. The Morgan fingerprint density at radius 1 is 0.449 bits per heavy atom. The van der Waals surface area contributed by atoms with Gasteiger partial charge in [-0.05, 0) is 12.8 Å². The van der Waals surface area contributed by atoms with Gasteiger partial charge >= 0.3 is 19.8 Å². The van der Waals surface area contributed by atoms with Gasteiger partial charge in [0.05, 0.1) is 6.61 Å². The first-order valence-corrected chi connectivity index (χ1v) is 22.4. The molecule has 0 unspecified atom stereocenters. The quantitative estimate of drug-likeness (QED) is 0.0366. The zero-order chi connectivity index (χ0) is 36.1. The molecule has 0 amide bonds. The molecular weight excluding hydrogens is 639 g/mol. The van der Waals surface area contributed by atoms with Gasteiger partial charge in [0.1, 0.15) is 6.61 Å². The van der Waals surface area contributed by atoms with Crippen molar-refractivity contribution >= 4 is 19.8 Å². The summed E-state index contributed by atoms with van der Waals surface area (Å²) >= 11 is 0. The van der Waals surface area contributed by atoms with Crippen LogP contribution in [0.15, 0.2) is 0 Å². The van der Waals surface area contributed by atoms with Crippen LogP contribution in [0.5, 0.6) is 0 Å². The minimum Gasteiger partial charge on any atom is -0.462 e. The van der Waals surface area contributed by atoms with E-state index >= 15 is 0 Å². The molecular formula is C40H79O8P. The van der Waals surface area contributed by atoms with Gasteiger partial charge in [-0.2, -0.15) is 0 Å². The SMILES string of the molecule is CCCCCCCCCCCCCCCCCCCCCC(=O)O[C@H](COC(=O)CCCCCCCCCCCCCC)COP(=O)(O)O. The van der Waals surface area contributed by atoms with Gasteiger partial charge in [-0.3, -0.25) is 14.1 Å². The Morgan fingerprint density at radius 2 is 0.735 bits per heavy atom. The highest BCUT2D eigenvalue weighted by Gasteiger charge is 2.22. The standard InChI is InChI=1S/C40H79O8P/c1-3-5-7-9-11-13-15-17-18-19-20-21-22-23-25-27-29-31-33-35-40(42)48-38(37-47-49(43,44)45)36-46-39(41)34-32-30-28-26-24-16-14-12-10-8-6-4-2/h38H,3-37H2,1-2H3,(H2,43,44,45)/t38-/m1/s1. The molecule has 0 aliphatic rings. The van der Waals surface area contributed by atoms with Crippen molar-refractivity contribution in [2.24, 2.45) is 0 Å². The zero-order valence-electron chi connectivity index (χ0n) is 32.1. The Hall–Kier alpha value is -0.950. The molecule has 0 fully saturated rings. The molecule has 1 atom stereocenters. The molecule has 0 bridgehead atoms. The lowest BCUT2D eigenvalue weighted by molar-refractivity contribution is -0.161. The Bertz CT molecular complexity index is 771. The molecule has 0 aliphatic carbocycles. The number of phosphoric acid groups is 1. The molecule has 0 spiro atoms. The molecule has 0 aromatic heterocycles. The van der Waals surface area contributed by atoms with Crippen molar-refractivity contribution in [1.29, 1.82) is 0 Å². The molecule has 0 aromatic rings. The van der Waals surface area contributed by atoms with Gasteiger partial charge in [0, 0.05) is 12.8 Å². The van der Waals surface area contributed by atoms with Crippen LogP contribution in [0.4, 0.5) is 0 Å². The van der Waals surface area contributed by atoms with E-state index in [2.05, 4.69) is 18.4 Å². The number of hydrogen-bond donors (Lipinski definition) is 2. The topological polar surface area (TPSA) is 119 Å². The van der Waals surface area contributed by atoms with Crippen molar-refractivity contribution < 1.29 is 37.9 Å². The largest absolute Gasteiger partial charge is 0.469 e. The summed E-state index contributed by atoms with van der Waals surface area (Å²) in [6.45, 7) is 3.71. The molecule has 0 aromatic carbocycles. The van der Waals surface area contributed by atoms with Gasteiger partial charge in [0.2, 0.25) is 0 Å². The third-order valence-corrected chi connectivity index (χ3v) is 9.86. The molecule has 8 nitrogen and oxygen atoms in total. The van der Waals surface area contributed by atoms with E-state index in [1.165, 1.54) is 161 Å². The van der Waals surface area contributed by atoms with Crippen LogP contribution >= 0.6 is 7.82 Å². The number of phosphoric ester groups is 1. The number of carbonyl (C=O) groups excluding carboxylic acids is 2. The molecule has 2 N–H and O–H groups in total. The molecule has 0 saturated carbocycles. The van der Waals surface area contributed by atoms with Crippen molar-refractivity contribution in [3.05, 3.63) is 0 Å². The van der Waals surface area contributed by atoms with Crippen LogP contribution in [-0.2, 0) is 28.2 Å². The van der Waals surface area contributed by atoms with E-state index in [9.17, 15) is 14.2 Å². The van der Waals surface area contributed by atoms with Crippen molar-refractivity contribution in [2.75, 3.05) is 13.2 Å². The van der Waals surface area contributed by atoms with Crippen LogP contribution in [0.2, 0.25) is 0 Å². The maximum atomic E-state index is 12.4. The number of carbonyl (C=O) groups is 2.